The number of carbonyl (C=O) groups is 1. The minimum absolute atomic E-state index is 0.0196. The SMILES string of the molecule is Cc1cccc(C(=O)C(N)C(C)(C)C)c1. The summed E-state index contributed by atoms with van der Waals surface area (Å²) >= 11 is 0. The van der Waals surface area contributed by atoms with Gasteiger partial charge in [-0.15, -0.1) is 0 Å². The summed E-state index contributed by atoms with van der Waals surface area (Å²) in [6.45, 7) is 7.90. The van der Waals surface area contributed by atoms with Crippen LogP contribution in [0.1, 0.15) is 36.7 Å². The van der Waals surface area contributed by atoms with Crippen molar-refractivity contribution in [2.45, 2.75) is 33.7 Å². The van der Waals surface area contributed by atoms with Gasteiger partial charge in [-0.1, -0.05) is 44.5 Å². The van der Waals surface area contributed by atoms with Crippen molar-refractivity contribution in [3.8, 4) is 0 Å². The molecule has 82 valence electrons. The van der Waals surface area contributed by atoms with E-state index in [4.69, 9.17) is 5.73 Å². The van der Waals surface area contributed by atoms with Gasteiger partial charge in [0.15, 0.2) is 5.78 Å². The van der Waals surface area contributed by atoms with Gasteiger partial charge < -0.3 is 5.73 Å². The molecule has 0 bridgehead atoms. The molecule has 0 aliphatic heterocycles. The Labute approximate surface area is 91.5 Å². The molecular weight excluding hydrogens is 186 g/mol. The molecule has 2 heteroatoms. The fraction of sp³-hybridized carbons (Fsp3) is 0.462. The topological polar surface area (TPSA) is 43.1 Å². The zero-order chi connectivity index (χ0) is 11.6. The van der Waals surface area contributed by atoms with Gasteiger partial charge in [0, 0.05) is 5.56 Å². The molecule has 2 nitrogen and oxygen atoms in total. The molecule has 1 aromatic carbocycles. The van der Waals surface area contributed by atoms with Crippen LogP contribution in [0.4, 0.5) is 0 Å². The first-order valence-electron chi connectivity index (χ1n) is 5.19. The van der Waals surface area contributed by atoms with Gasteiger partial charge in [-0.25, -0.2) is 0 Å². The predicted molar refractivity (Wildman–Crippen MR) is 62.9 cm³/mol. The standard InChI is InChI=1S/C13H19NO/c1-9-6-5-7-10(8-9)11(15)12(14)13(2,3)4/h5-8,12H,14H2,1-4H3. The van der Waals surface area contributed by atoms with Crippen LogP contribution >= 0.6 is 0 Å². The van der Waals surface area contributed by atoms with E-state index in [1.807, 2.05) is 52.0 Å². The van der Waals surface area contributed by atoms with Crippen LogP contribution in [0, 0.1) is 12.3 Å². The van der Waals surface area contributed by atoms with Gasteiger partial charge in [-0.05, 0) is 18.4 Å². The van der Waals surface area contributed by atoms with Crippen molar-refractivity contribution >= 4 is 5.78 Å². The van der Waals surface area contributed by atoms with Crippen molar-refractivity contribution in [1.29, 1.82) is 0 Å². The third kappa shape index (κ3) is 2.90. The maximum Gasteiger partial charge on any atom is 0.180 e. The zero-order valence-electron chi connectivity index (χ0n) is 9.87. The van der Waals surface area contributed by atoms with E-state index >= 15 is 0 Å². The number of rotatable bonds is 2. The lowest BCUT2D eigenvalue weighted by molar-refractivity contribution is 0.0901. The lowest BCUT2D eigenvalue weighted by Crippen LogP contribution is -2.42. The summed E-state index contributed by atoms with van der Waals surface area (Å²) in [7, 11) is 0. The van der Waals surface area contributed by atoms with Crippen molar-refractivity contribution in [2.75, 3.05) is 0 Å². The van der Waals surface area contributed by atoms with Crippen LogP contribution in [0.3, 0.4) is 0 Å². The summed E-state index contributed by atoms with van der Waals surface area (Å²) in [5, 5.41) is 0. The predicted octanol–water partition coefficient (Wildman–Crippen LogP) is 2.55. The van der Waals surface area contributed by atoms with Gasteiger partial charge in [0.2, 0.25) is 0 Å². The number of hydrogen-bond acceptors (Lipinski definition) is 2. The average Bonchev–Trinajstić information content (AvgIpc) is 2.14. The molecule has 0 fully saturated rings. The number of ketones is 1. The highest BCUT2D eigenvalue weighted by Gasteiger charge is 2.27. The van der Waals surface area contributed by atoms with Crippen LogP contribution in [0.25, 0.3) is 0 Å². The highest BCUT2D eigenvalue weighted by molar-refractivity contribution is 6.00. The second-order valence-electron chi connectivity index (χ2n) is 5.08. The molecule has 0 amide bonds. The Morgan fingerprint density at radius 1 is 1.33 bits per heavy atom. The van der Waals surface area contributed by atoms with Crippen molar-refractivity contribution in [2.24, 2.45) is 11.1 Å². The molecule has 0 heterocycles. The van der Waals surface area contributed by atoms with Crippen molar-refractivity contribution in [1.82, 2.24) is 0 Å². The minimum Gasteiger partial charge on any atom is -0.321 e. The number of nitrogens with two attached hydrogens (primary N) is 1. The number of carbonyl (C=O) groups excluding carboxylic acids is 1. The minimum atomic E-state index is -0.445. The van der Waals surface area contributed by atoms with E-state index in [0.29, 0.717) is 5.56 Å². The van der Waals surface area contributed by atoms with E-state index in [-0.39, 0.29) is 11.2 Å². The molecule has 0 spiro atoms. The summed E-state index contributed by atoms with van der Waals surface area (Å²) < 4.78 is 0. The molecule has 1 aromatic rings. The van der Waals surface area contributed by atoms with Gasteiger partial charge in [0.25, 0.3) is 0 Å². The van der Waals surface area contributed by atoms with Gasteiger partial charge in [-0.2, -0.15) is 0 Å². The average molecular weight is 205 g/mol. The van der Waals surface area contributed by atoms with E-state index in [2.05, 4.69) is 0 Å². The first kappa shape index (κ1) is 11.9. The molecule has 2 N–H and O–H groups in total. The molecule has 0 aliphatic carbocycles. The summed E-state index contributed by atoms with van der Waals surface area (Å²) in [6.07, 6.45) is 0. The van der Waals surface area contributed by atoms with E-state index in [0.717, 1.165) is 5.56 Å². The van der Waals surface area contributed by atoms with E-state index in [1.54, 1.807) is 0 Å². The van der Waals surface area contributed by atoms with Crippen LogP contribution in [-0.4, -0.2) is 11.8 Å². The zero-order valence-corrected chi connectivity index (χ0v) is 9.87. The first-order chi connectivity index (χ1) is 6.82. The summed E-state index contributed by atoms with van der Waals surface area (Å²) in [5.74, 6) is 0.0196. The van der Waals surface area contributed by atoms with Crippen LogP contribution in [0.5, 0.6) is 0 Å². The molecule has 0 saturated carbocycles. The molecule has 1 atom stereocenters. The van der Waals surface area contributed by atoms with Crippen molar-refractivity contribution in [3.05, 3.63) is 35.4 Å². The quantitative estimate of drug-likeness (QED) is 0.754. The number of hydrogen-bond donors (Lipinski definition) is 1. The normalized spacial score (nSPS) is 13.7. The first-order valence-corrected chi connectivity index (χ1v) is 5.19. The van der Waals surface area contributed by atoms with Gasteiger partial charge >= 0.3 is 0 Å². The monoisotopic (exact) mass is 205 g/mol. The van der Waals surface area contributed by atoms with Crippen LogP contribution in [-0.2, 0) is 0 Å². The molecule has 0 aromatic heterocycles. The van der Waals surface area contributed by atoms with Crippen molar-refractivity contribution in [3.63, 3.8) is 0 Å². The molecule has 0 radical (unpaired) electrons. The Morgan fingerprint density at radius 3 is 2.40 bits per heavy atom. The van der Waals surface area contributed by atoms with Gasteiger partial charge in [0.05, 0.1) is 6.04 Å². The fourth-order valence-electron chi connectivity index (χ4n) is 1.37. The Morgan fingerprint density at radius 2 is 1.93 bits per heavy atom. The fourth-order valence-corrected chi connectivity index (χ4v) is 1.37. The number of aryl methyl sites for hydroxylation is 1. The maximum absolute atomic E-state index is 12.0. The molecule has 1 unspecified atom stereocenters. The highest BCUT2D eigenvalue weighted by Crippen LogP contribution is 2.21. The Balaban J connectivity index is 2.95. The van der Waals surface area contributed by atoms with Crippen LogP contribution in [0.2, 0.25) is 0 Å². The molecule has 1 rings (SSSR count). The molecular formula is C13H19NO. The van der Waals surface area contributed by atoms with E-state index < -0.39 is 6.04 Å². The van der Waals surface area contributed by atoms with Crippen LogP contribution in [0.15, 0.2) is 24.3 Å². The largest absolute Gasteiger partial charge is 0.321 e. The second kappa shape index (κ2) is 4.15. The lowest BCUT2D eigenvalue weighted by Gasteiger charge is -2.25. The second-order valence-corrected chi connectivity index (χ2v) is 5.08. The van der Waals surface area contributed by atoms with E-state index in [9.17, 15) is 4.79 Å². The third-order valence-corrected chi connectivity index (χ3v) is 2.52. The van der Waals surface area contributed by atoms with Crippen LogP contribution < -0.4 is 5.73 Å². The summed E-state index contributed by atoms with van der Waals surface area (Å²) in [5.41, 5.74) is 7.52. The van der Waals surface area contributed by atoms with Gasteiger partial charge in [-0.3, -0.25) is 4.79 Å². The Kier molecular flexibility index (Phi) is 3.30. The Bertz CT molecular complexity index is 363. The number of Topliss-reactive ketones (excluding diaryl/α,β-unsaturated/α-hetero) is 1. The van der Waals surface area contributed by atoms with Gasteiger partial charge in [0.1, 0.15) is 0 Å². The Hall–Kier alpha value is -1.15. The summed E-state index contributed by atoms with van der Waals surface area (Å²) in [4.78, 5) is 12.0. The highest BCUT2D eigenvalue weighted by atomic mass is 16.1. The smallest absolute Gasteiger partial charge is 0.180 e. The number of benzene rings is 1. The molecule has 0 saturated heterocycles. The third-order valence-electron chi connectivity index (χ3n) is 2.52. The lowest BCUT2D eigenvalue weighted by atomic mass is 9.83. The molecule has 0 aliphatic rings. The molecule has 15 heavy (non-hydrogen) atoms. The van der Waals surface area contributed by atoms with Crippen molar-refractivity contribution < 1.29 is 4.79 Å². The van der Waals surface area contributed by atoms with E-state index in [1.165, 1.54) is 0 Å². The summed E-state index contributed by atoms with van der Waals surface area (Å²) in [6, 6.07) is 7.12. The maximum atomic E-state index is 12.0.